The van der Waals surface area contributed by atoms with Crippen molar-refractivity contribution in [3.8, 4) is 11.5 Å². The van der Waals surface area contributed by atoms with Gasteiger partial charge in [-0.2, -0.15) is 0 Å². The zero-order valence-corrected chi connectivity index (χ0v) is 33.0. The first kappa shape index (κ1) is 43.4. The summed E-state index contributed by atoms with van der Waals surface area (Å²) in [5.74, 6) is 0.833. The molecule has 1 aromatic rings. The van der Waals surface area contributed by atoms with Gasteiger partial charge in [0.15, 0.2) is 11.5 Å². The third kappa shape index (κ3) is 23.6. The van der Waals surface area contributed by atoms with Gasteiger partial charge >= 0.3 is 0 Å². The molecule has 0 bridgehead atoms. The number of ether oxygens (including phenoxy) is 4. The molecule has 0 spiro atoms. The summed E-state index contributed by atoms with van der Waals surface area (Å²) in [7, 11) is 0. The smallest absolute Gasteiger partial charge is 0.238 e. The molecule has 0 saturated carbocycles. The van der Waals surface area contributed by atoms with Gasteiger partial charge in [-0.1, -0.05) is 206 Å². The van der Waals surface area contributed by atoms with E-state index in [9.17, 15) is 0 Å². The summed E-state index contributed by atoms with van der Waals surface area (Å²) >= 11 is 1.61. The molecule has 0 aliphatic carbocycles. The Kier molecular flexibility index (Phi) is 29.1. The highest BCUT2D eigenvalue weighted by Crippen LogP contribution is 2.36. The monoisotopic (exact) mass is 693 g/mol. The maximum absolute atomic E-state index is 6.43. The van der Waals surface area contributed by atoms with Gasteiger partial charge in [-0.05, 0) is 12.8 Å². The van der Waals surface area contributed by atoms with Crippen LogP contribution in [0.5, 0.6) is 11.5 Å². The molecular formula is C43H80O4S. The van der Waals surface area contributed by atoms with Crippen molar-refractivity contribution >= 4 is 11.3 Å². The zero-order chi connectivity index (χ0) is 34.1. The molecule has 2 rings (SSSR count). The molecule has 4 nitrogen and oxygen atoms in total. The molecule has 48 heavy (non-hydrogen) atoms. The third-order valence-corrected chi connectivity index (χ3v) is 10.9. The average Bonchev–Trinajstić information content (AvgIpc) is 3.49. The molecule has 1 aliphatic rings. The Hall–Kier alpha value is -0.780. The topological polar surface area (TPSA) is 36.9 Å². The summed E-state index contributed by atoms with van der Waals surface area (Å²) in [4.78, 5) is 0. The summed E-state index contributed by atoms with van der Waals surface area (Å²) < 4.78 is 25.1. The van der Waals surface area contributed by atoms with Gasteiger partial charge in [-0.25, -0.2) is 0 Å². The van der Waals surface area contributed by atoms with E-state index in [-0.39, 0.29) is 0 Å². The summed E-state index contributed by atoms with van der Waals surface area (Å²) in [6.45, 7) is 6.80. The van der Waals surface area contributed by atoms with Crippen molar-refractivity contribution in [2.24, 2.45) is 0 Å². The van der Waals surface area contributed by atoms with E-state index in [0.29, 0.717) is 26.4 Å². The molecule has 1 aliphatic heterocycles. The Morgan fingerprint density at radius 1 is 0.417 bits per heavy atom. The van der Waals surface area contributed by atoms with Gasteiger partial charge in [0.1, 0.15) is 13.2 Å². The molecule has 0 aromatic carbocycles. The first-order chi connectivity index (χ1) is 23.8. The van der Waals surface area contributed by atoms with Crippen LogP contribution in [0.2, 0.25) is 0 Å². The Bertz CT molecular complexity index is 733. The van der Waals surface area contributed by atoms with Gasteiger partial charge < -0.3 is 18.9 Å². The molecule has 1 aromatic heterocycles. The minimum absolute atomic E-state index is 0.397. The van der Waals surface area contributed by atoms with E-state index >= 15 is 0 Å². The number of unbranched alkanes of at least 4 members (excludes halogenated alkanes) is 30. The normalized spacial score (nSPS) is 14.0. The molecule has 0 atom stereocenters. The van der Waals surface area contributed by atoms with E-state index in [1.54, 1.807) is 11.3 Å². The second-order valence-corrected chi connectivity index (χ2v) is 15.6. The third-order valence-electron chi connectivity index (χ3n) is 10.2. The highest BCUT2D eigenvalue weighted by atomic mass is 32.1. The fourth-order valence-corrected chi connectivity index (χ4v) is 7.61. The second kappa shape index (κ2) is 32.1. The van der Waals surface area contributed by atoms with Crippen molar-refractivity contribution in [1.82, 2.24) is 0 Å². The van der Waals surface area contributed by atoms with Gasteiger partial charge in [0.05, 0.1) is 13.2 Å². The lowest BCUT2D eigenvalue weighted by Gasteiger charge is -2.31. The van der Waals surface area contributed by atoms with Crippen molar-refractivity contribution in [2.75, 3.05) is 26.4 Å². The predicted molar refractivity (Wildman–Crippen MR) is 209 cm³/mol. The first-order valence-electron chi connectivity index (χ1n) is 21.4. The van der Waals surface area contributed by atoms with Crippen LogP contribution < -0.4 is 9.47 Å². The lowest BCUT2D eigenvalue weighted by Crippen LogP contribution is -2.47. The van der Waals surface area contributed by atoms with Crippen molar-refractivity contribution in [3.05, 3.63) is 10.8 Å². The van der Waals surface area contributed by atoms with Gasteiger partial charge in [-0.15, -0.1) is 11.3 Å². The highest BCUT2D eigenvalue weighted by molar-refractivity contribution is 7.08. The van der Waals surface area contributed by atoms with Gasteiger partial charge in [0.25, 0.3) is 0 Å². The maximum atomic E-state index is 6.43. The van der Waals surface area contributed by atoms with E-state index in [1.807, 2.05) is 10.8 Å². The molecule has 2 heterocycles. The molecule has 282 valence electrons. The minimum Gasteiger partial charge on any atom is -0.483 e. The predicted octanol–water partition coefficient (Wildman–Crippen LogP) is 14.8. The Balaban J connectivity index is 1.45. The molecule has 0 N–H and O–H groups in total. The number of hydrogen-bond acceptors (Lipinski definition) is 5. The van der Waals surface area contributed by atoms with Crippen LogP contribution in [-0.2, 0) is 9.47 Å². The van der Waals surface area contributed by atoms with E-state index < -0.39 is 5.79 Å². The minimum atomic E-state index is -0.804. The fourth-order valence-electron chi connectivity index (χ4n) is 6.93. The van der Waals surface area contributed by atoms with Crippen LogP contribution in [-0.4, -0.2) is 32.2 Å². The van der Waals surface area contributed by atoms with Crippen LogP contribution in [0, 0.1) is 0 Å². The van der Waals surface area contributed by atoms with Gasteiger partial charge in [0, 0.05) is 10.8 Å². The average molecular weight is 693 g/mol. The van der Waals surface area contributed by atoms with Crippen LogP contribution in [0.25, 0.3) is 0 Å². The molecule has 0 saturated heterocycles. The Morgan fingerprint density at radius 3 is 0.938 bits per heavy atom. The molecule has 0 radical (unpaired) electrons. The standard InChI is InChI=1S/C43H80O4S/c1-3-5-7-9-11-13-15-17-19-21-23-25-27-29-31-33-35-46-43(39-44-41-37-48-38-42(41)45-40-43)47-36-34-32-30-28-26-24-22-20-18-16-14-12-10-8-6-4-2/h37-38H,3-36,39-40H2,1-2H3. The fraction of sp³-hybridized carbons (Fsp3) is 0.907. The van der Waals surface area contributed by atoms with Gasteiger partial charge in [-0.3, -0.25) is 0 Å². The summed E-state index contributed by atoms with van der Waals surface area (Å²) in [5.41, 5.74) is 0. The quantitative estimate of drug-likeness (QED) is 0.0518. The summed E-state index contributed by atoms with van der Waals surface area (Å²) in [6, 6.07) is 0. The van der Waals surface area contributed by atoms with E-state index in [4.69, 9.17) is 18.9 Å². The first-order valence-corrected chi connectivity index (χ1v) is 22.3. The van der Waals surface area contributed by atoms with Crippen LogP contribution >= 0.6 is 11.3 Å². The molecule has 0 fully saturated rings. The summed E-state index contributed by atoms with van der Waals surface area (Å²) in [5, 5.41) is 4.02. The van der Waals surface area contributed by atoms with Gasteiger partial charge in [0.2, 0.25) is 5.79 Å². The maximum Gasteiger partial charge on any atom is 0.238 e. The molecule has 5 heteroatoms. The second-order valence-electron chi connectivity index (χ2n) is 14.9. The van der Waals surface area contributed by atoms with Crippen LogP contribution in [0.3, 0.4) is 0 Å². The largest absolute Gasteiger partial charge is 0.483 e. The lowest BCUT2D eigenvalue weighted by atomic mass is 10.0. The van der Waals surface area contributed by atoms with Crippen molar-refractivity contribution in [1.29, 1.82) is 0 Å². The van der Waals surface area contributed by atoms with Crippen LogP contribution in [0.15, 0.2) is 10.8 Å². The number of hydrogen-bond donors (Lipinski definition) is 0. The van der Waals surface area contributed by atoms with Crippen LogP contribution in [0.4, 0.5) is 0 Å². The number of thiophene rings is 1. The van der Waals surface area contributed by atoms with E-state index in [2.05, 4.69) is 13.8 Å². The number of fused-ring (bicyclic) bond motifs is 1. The van der Waals surface area contributed by atoms with E-state index in [0.717, 1.165) is 24.3 Å². The van der Waals surface area contributed by atoms with Crippen molar-refractivity contribution in [2.45, 2.75) is 225 Å². The molecular weight excluding hydrogens is 613 g/mol. The van der Waals surface area contributed by atoms with Crippen molar-refractivity contribution < 1.29 is 18.9 Å². The van der Waals surface area contributed by atoms with Crippen LogP contribution in [0.1, 0.15) is 219 Å². The van der Waals surface area contributed by atoms with E-state index in [1.165, 1.54) is 193 Å². The lowest BCUT2D eigenvalue weighted by molar-refractivity contribution is -0.260. The molecule has 0 unspecified atom stereocenters. The zero-order valence-electron chi connectivity index (χ0n) is 32.2. The SMILES string of the molecule is CCCCCCCCCCCCCCCCCCOC1(OCCCCCCCCCCCCCCCCCC)COc2cscc2OC1. The number of rotatable bonds is 36. The molecule has 0 amide bonds. The summed E-state index contributed by atoms with van der Waals surface area (Å²) in [6.07, 6.45) is 44.1. The van der Waals surface area contributed by atoms with Crippen molar-refractivity contribution in [3.63, 3.8) is 0 Å². The highest BCUT2D eigenvalue weighted by Gasteiger charge is 2.37. The Morgan fingerprint density at radius 2 is 0.667 bits per heavy atom. The Labute approximate surface area is 303 Å².